The van der Waals surface area contributed by atoms with Crippen LogP contribution in [0.1, 0.15) is 65.5 Å². The number of benzene rings is 1. The van der Waals surface area contributed by atoms with Gasteiger partial charge in [0.25, 0.3) is 5.91 Å². The van der Waals surface area contributed by atoms with Crippen molar-refractivity contribution in [2.75, 3.05) is 0 Å². The second kappa shape index (κ2) is 7.46. The van der Waals surface area contributed by atoms with Crippen molar-refractivity contribution >= 4 is 5.91 Å². The Morgan fingerprint density at radius 2 is 1.88 bits per heavy atom. The summed E-state index contributed by atoms with van der Waals surface area (Å²) in [4.78, 5) is 15.7. The molecular formula is C24H24F3N5O. The van der Waals surface area contributed by atoms with Gasteiger partial charge in [-0.25, -0.2) is 13.2 Å². The Labute approximate surface area is 189 Å². The molecule has 6 rings (SSSR count). The highest BCUT2D eigenvalue weighted by molar-refractivity contribution is 5.96. The molecule has 0 radical (unpaired) electrons. The van der Waals surface area contributed by atoms with Gasteiger partial charge in [0.1, 0.15) is 0 Å². The third-order valence-electron chi connectivity index (χ3n) is 7.38. The largest absolute Gasteiger partial charge is 0.327 e. The Hall–Kier alpha value is -3.10. The van der Waals surface area contributed by atoms with Crippen LogP contribution in [0.15, 0.2) is 18.3 Å². The molecule has 5 heterocycles. The Kier molecular flexibility index (Phi) is 4.64. The summed E-state index contributed by atoms with van der Waals surface area (Å²) < 4.78 is 45.1. The molecule has 2 bridgehead atoms. The summed E-state index contributed by atoms with van der Waals surface area (Å²) in [5, 5.41) is 9.13. The summed E-state index contributed by atoms with van der Waals surface area (Å²) in [5.74, 6) is -3.94. The van der Waals surface area contributed by atoms with Crippen molar-refractivity contribution in [2.45, 2.75) is 63.6 Å². The number of hydrogen-bond donors (Lipinski definition) is 0. The van der Waals surface area contributed by atoms with Gasteiger partial charge in [-0.2, -0.15) is 10.2 Å². The second-order valence-electron chi connectivity index (χ2n) is 9.29. The van der Waals surface area contributed by atoms with Crippen molar-refractivity contribution in [3.63, 3.8) is 0 Å². The summed E-state index contributed by atoms with van der Waals surface area (Å²) in [5.41, 5.74) is 4.17. The van der Waals surface area contributed by atoms with Crippen LogP contribution in [0.5, 0.6) is 0 Å². The van der Waals surface area contributed by atoms with Gasteiger partial charge in [-0.15, -0.1) is 0 Å². The monoisotopic (exact) mass is 455 g/mol. The summed E-state index contributed by atoms with van der Waals surface area (Å²) in [6.07, 6.45) is 7.83. The number of rotatable bonds is 2. The maximum absolute atomic E-state index is 14.0. The van der Waals surface area contributed by atoms with E-state index in [0.29, 0.717) is 17.7 Å². The maximum atomic E-state index is 14.0. The van der Waals surface area contributed by atoms with E-state index in [9.17, 15) is 18.0 Å². The summed E-state index contributed by atoms with van der Waals surface area (Å²) >= 11 is 0. The lowest BCUT2D eigenvalue weighted by Crippen LogP contribution is -2.50. The van der Waals surface area contributed by atoms with Crippen LogP contribution in [0.3, 0.4) is 0 Å². The van der Waals surface area contributed by atoms with Crippen LogP contribution in [-0.2, 0) is 26.4 Å². The molecular weight excluding hydrogens is 431 g/mol. The van der Waals surface area contributed by atoms with Gasteiger partial charge in [0.05, 0.1) is 34.9 Å². The Morgan fingerprint density at radius 1 is 1.09 bits per heavy atom. The molecule has 3 aromatic rings. The number of aryl methyl sites for hydroxylation is 2. The molecule has 1 amide bonds. The van der Waals surface area contributed by atoms with Crippen molar-refractivity contribution in [3.05, 3.63) is 58.3 Å². The highest BCUT2D eigenvalue weighted by Gasteiger charge is 2.44. The topological polar surface area (TPSA) is 56.0 Å². The zero-order valence-corrected chi connectivity index (χ0v) is 18.3. The van der Waals surface area contributed by atoms with E-state index in [1.54, 1.807) is 17.9 Å². The van der Waals surface area contributed by atoms with E-state index >= 15 is 0 Å². The number of halogens is 3. The first-order valence-electron chi connectivity index (χ1n) is 11.5. The fourth-order valence-corrected chi connectivity index (χ4v) is 5.94. The van der Waals surface area contributed by atoms with Crippen LogP contribution >= 0.6 is 0 Å². The predicted molar refractivity (Wildman–Crippen MR) is 114 cm³/mol. The smallest absolute Gasteiger partial charge is 0.258 e. The third-order valence-corrected chi connectivity index (χ3v) is 7.38. The molecule has 0 unspecified atom stereocenters. The van der Waals surface area contributed by atoms with Gasteiger partial charge in [-0.1, -0.05) is 0 Å². The SMILES string of the molecule is Cn1nc2c(c1-c1cc(F)c(F)c(F)c1)C[C@H]1CCC[C@H]2N1C(=O)c1cnn2c1CCCC2. The lowest BCUT2D eigenvalue weighted by Gasteiger charge is -2.45. The molecule has 1 saturated heterocycles. The molecule has 2 aromatic heterocycles. The Morgan fingerprint density at radius 3 is 2.67 bits per heavy atom. The highest BCUT2D eigenvalue weighted by Crippen LogP contribution is 2.45. The molecule has 9 heteroatoms. The average molecular weight is 455 g/mol. The molecule has 1 aromatic carbocycles. The molecule has 3 aliphatic heterocycles. The van der Waals surface area contributed by atoms with Gasteiger partial charge in [0.15, 0.2) is 17.5 Å². The van der Waals surface area contributed by atoms with E-state index in [1.165, 1.54) is 0 Å². The standard InChI is InChI=1S/C24H24F3N5O/c1-30-23(13-9-17(25)21(27)18(26)10-13)15-11-14-5-4-7-20(22(15)29-30)32(14)24(33)16-12-28-31-8-3-2-6-19(16)31/h9-10,12,14,20H,2-8,11H2,1H3/t14-,20-/m1/s1. The number of amides is 1. The van der Waals surface area contributed by atoms with Gasteiger partial charge < -0.3 is 4.90 Å². The minimum Gasteiger partial charge on any atom is -0.327 e. The zero-order chi connectivity index (χ0) is 22.9. The van der Waals surface area contributed by atoms with E-state index in [0.717, 1.165) is 74.2 Å². The normalized spacial score (nSPS) is 21.6. The van der Waals surface area contributed by atoms with Crippen LogP contribution in [0.2, 0.25) is 0 Å². The number of carbonyl (C=O) groups excluding carboxylic acids is 1. The third kappa shape index (κ3) is 3.04. The first-order chi connectivity index (χ1) is 15.9. The lowest BCUT2D eigenvalue weighted by molar-refractivity contribution is 0.0390. The highest BCUT2D eigenvalue weighted by atomic mass is 19.2. The number of piperidine rings is 1. The van der Waals surface area contributed by atoms with Crippen molar-refractivity contribution in [1.82, 2.24) is 24.5 Å². The van der Waals surface area contributed by atoms with Crippen molar-refractivity contribution in [3.8, 4) is 11.3 Å². The van der Waals surface area contributed by atoms with Crippen LogP contribution < -0.4 is 0 Å². The van der Waals surface area contributed by atoms with Crippen LogP contribution in [0.25, 0.3) is 11.3 Å². The molecule has 172 valence electrons. The molecule has 0 saturated carbocycles. The average Bonchev–Trinajstić information content (AvgIpc) is 3.37. The van der Waals surface area contributed by atoms with Gasteiger partial charge in [-0.05, 0) is 57.1 Å². The van der Waals surface area contributed by atoms with E-state index in [2.05, 4.69) is 5.10 Å². The zero-order valence-electron chi connectivity index (χ0n) is 18.3. The fourth-order valence-electron chi connectivity index (χ4n) is 5.94. The summed E-state index contributed by atoms with van der Waals surface area (Å²) in [7, 11) is 1.72. The second-order valence-corrected chi connectivity index (χ2v) is 9.29. The number of fused-ring (bicyclic) bond motifs is 5. The minimum atomic E-state index is -1.48. The first-order valence-corrected chi connectivity index (χ1v) is 11.5. The van der Waals surface area contributed by atoms with E-state index in [-0.39, 0.29) is 23.6 Å². The molecule has 0 N–H and O–H groups in total. The molecule has 1 fully saturated rings. The van der Waals surface area contributed by atoms with Gasteiger partial charge in [0.2, 0.25) is 0 Å². The van der Waals surface area contributed by atoms with E-state index < -0.39 is 17.5 Å². The van der Waals surface area contributed by atoms with Crippen molar-refractivity contribution in [2.24, 2.45) is 7.05 Å². The molecule has 2 atom stereocenters. The van der Waals surface area contributed by atoms with Crippen LogP contribution in [-0.4, -0.2) is 36.4 Å². The maximum Gasteiger partial charge on any atom is 0.258 e. The summed E-state index contributed by atoms with van der Waals surface area (Å²) in [6, 6.07) is 1.81. The quantitative estimate of drug-likeness (QED) is 0.541. The van der Waals surface area contributed by atoms with Crippen LogP contribution in [0.4, 0.5) is 13.2 Å². The number of carbonyl (C=O) groups is 1. The molecule has 6 nitrogen and oxygen atoms in total. The van der Waals surface area contributed by atoms with Gasteiger partial charge >= 0.3 is 0 Å². The van der Waals surface area contributed by atoms with Gasteiger partial charge in [0, 0.05) is 30.8 Å². The molecule has 0 aliphatic carbocycles. The van der Waals surface area contributed by atoms with Gasteiger partial charge in [-0.3, -0.25) is 14.2 Å². The fraction of sp³-hybridized carbons (Fsp3) is 0.458. The first kappa shape index (κ1) is 20.5. The van der Waals surface area contributed by atoms with E-state index in [4.69, 9.17) is 5.10 Å². The molecule has 33 heavy (non-hydrogen) atoms. The van der Waals surface area contributed by atoms with Crippen LogP contribution in [0, 0.1) is 17.5 Å². The van der Waals surface area contributed by atoms with E-state index in [1.807, 2.05) is 9.58 Å². The number of aromatic nitrogens is 4. The minimum absolute atomic E-state index is 0.00965. The Balaban J connectivity index is 1.42. The molecule has 0 spiro atoms. The number of hydrogen-bond acceptors (Lipinski definition) is 3. The van der Waals surface area contributed by atoms with Crippen molar-refractivity contribution < 1.29 is 18.0 Å². The predicted octanol–water partition coefficient (Wildman–Crippen LogP) is 4.33. The Bertz CT molecular complexity index is 1260. The molecule has 3 aliphatic rings. The summed E-state index contributed by atoms with van der Waals surface area (Å²) in [6.45, 7) is 0.841. The lowest BCUT2D eigenvalue weighted by atomic mass is 9.81. The van der Waals surface area contributed by atoms with Crippen molar-refractivity contribution in [1.29, 1.82) is 0 Å². The number of nitrogens with zero attached hydrogens (tertiary/aromatic N) is 5.